The number of carbonyl (C=O) groups excluding carboxylic acids is 2. The molecule has 9 heteroatoms. The van der Waals surface area contributed by atoms with Crippen molar-refractivity contribution in [3.05, 3.63) is 65.5 Å². The number of methoxy groups -OCH3 is 2. The van der Waals surface area contributed by atoms with Crippen LogP contribution in [0, 0.1) is 5.92 Å². The predicted molar refractivity (Wildman–Crippen MR) is 105 cm³/mol. The maximum atomic E-state index is 12.4. The second-order valence-corrected chi connectivity index (χ2v) is 6.32. The molecule has 0 saturated heterocycles. The number of rotatable bonds is 8. The molecule has 1 unspecified atom stereocenters. The molecule has 1 aliphatic heterocycles. The van der Waals surface area contributed by atoms with Crippen LogP contribution >= 0.6 is 0 Å². The van der Waals surface area contributed by atoms with Crippen molar-refractivity contribution in [1.29, 1.82) is 0 Å². The third-order valence-corrected chi connectivity index (χ3v) is 4.36. The normalized spacial score (nSPS) is 14.1. The molecule has 0 bridgehead atoms. The van der Waals surface area contributed by atoms with Crippen LogP contribution in [0.5, 0.6) is 0 Å². The molecule has 158 valence electrons. The number of carboxylic acids is 2. The van der Waals surface area contributed by atoms with E-state index in [9.17, 15) is 24.3 Å². The van der Waals surface area contributed by atoms with E-state index in [0.717, 1.165) is 0 Å². The molecule has 30 heavy (non-hydrogen) atoms. The van der Waals surface area contributed by atoms with Gasteiger partial charge in [0.1, 0.15) is 5.70 Å². The van der Waals surface area contributed by atoms with E-state index in [2.05, 4.69) is 0 Å². The fraction of sp³-hybridized carbons (Fsp3) is 0.238. The van der Waals surface area contributed by atoms with Crippen LogP contribution in [0.15, 0.2) is 60.0 Å². The molecule has 1 heterocycles. The lowest BCUT2D eigenvalue weighted by atomic mass is 9.96. The van der Waals surface area contributed by atoms with Gasteiger partial charge in [-0.25, -0.2) is 9.59 Å². The molecule has 0 radical (unpaired) electrons. The highest BCUT2D eigenvalue weighted by Crippen LogP contribution is 2.27. The first-order valence-corrected chi connectivity index (χ1v) is 8.87. The van der Waals surface area contributed by atoms with Gasteiger partial charge in [0.05, 0.1) is 32.1 Å². The van der Waals surface area contributed by atoms with Gasteiger partial charge in [-0.2, -0.15) is 0 Å². The summed E-state index contributed by atoms with van der Waals surface area (Å²) in [6.45, 7) is 0. The van der Waals surface area contributed by atoms with Gasteiger partial charge in [0.2, 0.25) is 0 Å². The number of allylic oxidation sites excluding steroid dienone is 2. The summed E-state index contributed by atoms with van der Waals surface area (Å²) in [4.78, 5) is 48.2. The van der Waals surface area contributed by atoms with Gasteiger partial charge in [0.25, 0.3) is 0 Å². The van der Waals surface area contributed by atoms with Crippen molar-refractivity contribution < 1.29 is 38.9 Å². The molecule has 1 aromatic carbocycles. The Balaban J connectivity index is 2.39. The molecule has 9 nitrogen and oxygen atoms in total. The lowest BCUT2D eigenvalue weighted by Crippen LogP contribution is -2.27. The number of carbonyl (C=O) groups is 4. The second-order valence-electron chi connectivity index (χ2n) is 6.32. The maximum Gasteiger partial charge on any atom is 0.355 e. The topological polar surface area (TPSA) is 130 Å². The second kappa shape index (κ2) is 10.1. The summed E-state index contributed by atoms with van der Waals surface area (Å²) < 4.78 is 9.58. The molecule has 0 aromatic heterocycles. The summed E-state index contributed by atoms with van der Waals surface area (Å²) in [5.41, 5.74) is 1.08. The van der Waals surface area contributed by atoms with Crippen molar-refractivity contribution in [3.63, 3.8) is 0 Å². The molecule has 2 rings (SSSR count). The summed E-state index contributed by atoms with van der Waals surface area (Å²) in [5, 5.41) is 18.1. The third-order valence-electron chi connectivity index (χ3n) is 4.36. The quantitative estimate of drug-likeness (QED) is 0.611. The van der Waals surface area contributed by atoms with Gasteiger partial charge < -0.3 is 24.6 Å². The molecule has 0 fully saturated rings. The molecule has 0 spiro atoms. The van der Waals surface area contributed by atoms with E-state index >= 15 is 0 Å². The Morgan fingerprint density at radius 1 is 0.967 bits per heavy atom. The first-order valence-electron chi connectivity index (χ1n) is 8.87. The van der Waals surface area contributed by atoms with Gasteiger partial charge in [-0.1, -0.05) is 18.2 Å². The molecule has 0 aliphatic carbocycles. The van der Waals surface area contributed by atoms with E-state index in [1.54, 1.807) is 42.6 Å². The number of aliphatic carboxylic acids is 2. The number of hydrogen-bond acceptors (Lipinski definition) is 7. The Kier molecular flexibility index (Phi) is 7.51. The molecule has 1 aromatic rings. The molecule has 1 aliphatic rings. The van der Waals surface area contributed by atoms with Crippen LogP contribution < -0.4 is 4.90 Å². The van der Waals surface area contributed by atoms with E-state index in [-0.39, 0.29) is 17.7 Å². The first kappa shape index (κ1) is 22.4. The minimum Gasteiger partial charge on any atom is -0.481 e. The van der Waals surface area contributed by atoms with Crippen LogP contribution in [0.4, 0.5) is 5.69 Å². The smallest absolute Gasteiger partial charge is 0.355 e. The fourth-order valence-corrected chi connectivity index (χ4v) is 2.90. The Bertz CT molecular complexity index is 927. The maximum absolute atomic E-state index is 12.4. The highest BCUT2D eigenvalue weighted by atomic mass is 16.5. The number of hydrogen-bond donors (Lipinski definition) is 2. The number of esters is 2. The van der Waals surface area contributed by atoms with Gasteiger partial charge in [0.15, 0.2) is 0 Å². The average Bonchev–Trinajstić information content (AvgIpc) is 2.95. The Labute approximate surface area is 172 Å². The summed E-state index contributed by atoms with van der Waals surface area (Å²) in [6, 6.07) is 6.52. The monoisotopic (exact) mass is 415 g/mol. The van der Waals surface area contributed by atoms with Crippen LogP contribution in [-0.2, 0) is 35.1 Å². The van der Waals surface area contributed by atoms with Gasteiger partial charge in [-0.15, -0.1) is 0 Å². The summed E-state index contributed by atoms with van der Waals surface area (Å²) in [6.07, 6.45) is 5.75. The minimum atomic E-state index is -1.19. The Morgan fingerprint density at radius 3 is 2.13 bits per heavy atom. The average molecular weight is 415 g/mol. The van der Waals surface area contributed by atoms with E-state index in [4.69, 9.17) is 14.6 Å². The zero-order valence-corrected chi connectivity index (χ0v) is 16.4. The number of ether oxygens (including phenoxy) is 2. The fourth-order valence-electron chi connectivity index (χ4n) is 2.90. The van der Waals surface area contributed by atoms with Crippen molar-refractivity contribution in [1.82, 2.24) is 0 Å². The van der Waals surface area contributed by atoms with Crippen molar-refractivity contribution >= 4 is 29.6 Å². The lowest BCUT2D eigenvalue weighted by molar-refractivity contribution is -0.148. The van der Waals surface area contributed by atoms with Crippen LogP contribution in [0.3, 0.4) is 0 Å². The van der Waals surface area contributed by atoms with E-state index < -0.39 is 36.2 Å². The molecular formula is C21H21NO8. The van der Waals surface area contributed by atoms with Crippen LogP contribution in [-0.4, -0.2) is 48.3 Å². The largest absolute Gasteiger partial charge is 0.481 e. The van der Waals surface area contributed by atoms with E-state index in [1.807, 2.05) is 0 Å². The third kappa shape index (κ3) is 5.34. The summed E-state index contributed by atoms with van der Waals surface area (Å²) in [5.74, 6) is -4.91. The number of nitrogens with zero attached hydrogens (tertiary/aromatic N) is 1. The van der Waals surface area contributed by atoms with Crippen LogP contribution in [0.2, 0.25) is 0 Å². The van der Waals surface area contributed by atoms with E-state index in [1.165, 1.54) is 25.2 Å². The molecule has 0 amide bonds. The van der Waals surface area contributed by atoms with E-state index in [0.29, 0.717) is 11.3 Å². The summed E-state index contributed by atoms with van der Waals surface area (Å²) >= 11 is 0. The van der Waals surface area contributed by atoms with Crippen molar-refractivity contribution in [3.8, 4) is 0 Å². The molecular weight excluding hydrogens is 394 g/mol. The van der Waals surface area contributed by atoms with Crippen molar-refractivity contribution in [2.75, 3.05) is 19.1 Å². The zero-order valence-electron chi connectivity index (χ0n) is 16.4. The number of anilines is 1. The van der Waals surface area contributed by atoms with Crippen LogP contribution in [0.1, 0.15) is 12.0 Å². The van der Waals surface area contributed by atoms with Gasteiger partial charge in [-0.3, -0.25) is 9.59 Å². The first-order chi connectivity index (χ1) is 14.3. The zero-order chi connectivity index (χ0) is 22.3. The van der Waals surface area contributed by atoms with Crippen molar-refractivity contribution in [2.45, 2.75) is 12.8 Å². The molecule has 1 atom stereocenters. The Hall–Kier alpha value is -3.88. The lowest BCUT2D eigenvalue weighted by Gasteiger charge is -2.23. The van der Waals surface area contributed by atoms with Crippen LogP contribution in [0.25, 0.3) is 0 Å². The Morgan fingerprint density at radius 2 is 1.60 bits per heavy atom. The number of carboxylic acid groups (broad SMARTS) is 2. The minimum absolute atomic E-state index is 0.00539. The standard InChI is InChI=1S/C21H21NO8/c1-29-20(27)16-5-3-4-10-22(18(16)21(28)30-2)15-8-6-13(7-9-15)11-14(19(25)26)12-17(23)24/h3-10,14H,11-12H2,1-2H3,(H,23,24)(H,25,26). The van der Waals surface area contributed by atoms with Crippen molar-refractivity contribution in [2.24, 2.45) is 5.92 Å². The SMILES string of the molecule is COC(=O)C1=C(C(=O)OC)N(c2ccc(CC(CC(=O)O)C(=O)O)cc2)C=CC=C1. The molecule has 0 saturated carbocycles. The summed E-state index contributed by atoms with van der Waals surface area (Å²) in [7, 11) is 2.39. The van der Waals surface area contributed by atoms with Gasteiger partial charge >= 0.3 is 23.9 Å². The van der Waals surface area contributed by atoms with Gasteiger partial charge in [0, 0.05) is 11.9 Å². The number of benzene rings is 1. The highest BCUT2D eigenvalue weighted by Gasteiger charge is 2.27. The highest BCUT2D eigenvalue weighted by molar-refractivity contribution is 6.05. The predicted octanol–water partition coefficient (Wildman–Crippen LogP) is 1.89. The van der Waals surface area contributed by atoms with Gasteiger partial charge in [-0.05, 0) is 36.3 Å². The molecule has 2 N–H and O–H groups in total.